The molecule has 1 saturated heterocycles. The van der Waals surface area contributed by atoms with E-state index in [-0.39, 0.29) is 24.3 Å². The lowest BCUT2D eigenvalue weighted by Gasteiger charge is -2.31. The number of amides is 1. The molecule has 116 valence electrons. The summed E-state index contributed by atoms with van der Waals surface area (Å²) in [7, 11) is -2.10. The van der Waals surface area contributed by atoms with Crippen LogP contribution < -0.4 is 5.32 Å². The summed E-state index contributed by atoms with van der Waals surface area (Å²) in [6.45, 7) is 0.566. The summed E-state index contributed by atoms with van der Waals surface area (Å²) in [5, 5.41) is 11.3. The summed E-state index contributed by atoms with van der Waals surface area (Å²) in [4.78, 5) is 21.8. The zero-order valence-corrected chi connectivity index (χ0v) is 12.2. The molecule has 1 fully saturated rings. The minimum atomic E-state index is -3.53. The van der Waals surface area contributed by atoms with Gasteiger partial charge < -0.3 is 15.2 Å². The number of ether oxygens (including phenoxy) is 1. The van der Waals surface area contributed by atoms with Crippen LogP contribution in [-0.4, -0.2) is 68.3 Å². The summed E-state index contributed by atoms with van der Waals surface area (Å²) >= 11 is 0. The summed E-state index contributed by atoms with van der Waals surface area (Å²) in [6.07, 6.45) is 0.635. The van der Waals surface area contributed by atoms with Gasteiger partial charge in [0.1, 0.15) is 6.61 Å². The number of carbonyl (C=O) groups is 2. The highest BCUT2D eigenvalue weighted by molar-refractivity contribution is 7.89. The molecule has 1 aliphatic heterocycles. The second-order valence-corrected chi connectivity index (χ2v) is 6.72. The van der Waals surface area contributed by atoms with Gasteiger partial charge in [0.05, 0.1) is 12.2 Å². The highest BCUT2D eigenvalue weighted by atomic mass is 32.2. The van der Waals surface area contributed by atoms with Gasteiger partial charge in [-0.15, -0.1) is 0 Å². The predicted molar refractivity (Wildman–Crippen MR) is 70.7 cm³/mol. The first-order chi connectivity index (χ1) is 9.35. The van der Waals surface area contributed by atoms with Crippen molar-refractivity contribution in [1.82, 2.24) is 9.62 Å². The number of rotatable bonds is 7. The van der Waals surface area contributed by atoms with Gasteiger partial charge in [0.15, 0.2) is 0 Å². The number of hydrogen-bond donors (Lipinski definition) is 2. The molecule has 1 aliphatic rings. The Morgan fingerprint density at radius 2 is 1.95 bits per heavy atom. The van der Waals surface area contributed by atoms with Crippen molar-refractivity contribution in [2.45, 2.75) is 25.3 Å². The Balaban J connectivity index is 2.41. The maximum Gasteiger partial charge on any atom is 0.304 e. The third-order valence-electron chi connectivity index (χ3n) is 3.06. The first-order valence-corrected chi connectivity index (χ1v) is 7.94. The molecule has 2 N–H and O–H groups in total. The number of carbonyl (C=O) groups excluding carboxylic acids is 1. The molecule has 0 aromatic heterocycles. The molecule has 0 bridgehead atoms. The first kappa shape index (κ1) is 16.9. The van der Waals surface area contributed by atoms with Crippen molar-refractivity contribution in [2.24, 2.45) is 0 Å². The molecule has 0 atom stereocenters. The quantitative estimate of drug-likeness (QED) is 0.625. The normalized spacial score (nSPS) is 17.9. The number of sulfonamides is 1. The zero-order valence-electron chi connectivity index (χ0n) is 11.4. The van der Waals surface area contributed by atoms with Gasteiger partial charge in [-0.25, -0.2) is 12.7 Å². The lowest BCUT2D eigenvalue weighted by molar-refractivity contribution is -0.136. The molecule has 0 radical (unpaired) electrons. The van der Waals surface area contributed by atoms with Crippen LogP contribution in [-0.2, 0) is 24.3 Å². The van der Waals surface area contributed by atoms with Crippen LogP contribution in [0, 0.1) is 0 Å². The van der Waals surface area contributed by atoms with Crippen molar-refractivity contribution in [2.75, 3.05) is 32.6 Å². The molecule has 8 nitrogen and oxygen atoms in total. The highest BCUT2D eigenvalue weighted by Crippen LogP contribution is 2.15. The fourth-order valence-corrected chi connectivity index (χ4v) is 3.48. The van der Waals surface area contributed by atoms with Crippen molar-refractivity contribution in [3.05, 3.63) is 0 Å². The Labute approximate surface area is 118 Å². The van der Waals surface area contributed by atoms with E-state index in [1.165, 1.54) is 11.4 Å². The standard InChI is InChI=1S/C11H20N2O6S/c1-19-8-10(14)12-9-2-5-13(6-3-9)20(17,18)7-4-11(15)16/h9H,2-8H2,1H3,(H,12,14)(H,15,16). The average molecular weight is 308 g/mol. The molecule has 0 unspecified atom stereocenters. The highest BCUT2D eigenvalue weighted by Gasteiger charge is 2.28. The maximum absolute atomic E-state index is 11.9. The molecule has 0 spiro atoms. The molecule has 0 saturated carbocycles. The molecule has 20 heavy (non-hydrogen) atoms. The Kier molecular flexibility index (Phi) is 6.37. The van der Waals surface area contributed by atoms with Crippen LogP contribution >= 0.6 is 0 Å². The van der Waals surface area contributed by atoms with E-state index in [0.29, 0.717) is 25.9 Å². The van der Waals surface area contributed by atoms with Gasteiger partial charge in [-0.3, -0.25) is 9.59 Å². The van der Waals surface area contributed by atoms with Gasteiger partial charge in [-0.2, -0.15) is 0 Å². The summed E-state index contributed by atoms with van der Waals surface area (Å²) in [5.74, 6) is -1.74. The van der Waals surface area contributed by atoms with Crippen molar-refractivity contribution in [3.8, 4) is 0 Å². The number of nitrogens with one attached hydrogen (secondary N) is 1. The van der Waals surface area contributed by atoms with E-state index < -0.39 is 22.4 Å². The van der Waals surface area contributed by atoms with Gasteiger partial charge in [0.2, 0.25) is 15.9 Å². The van der Waals surface area contributed by atoms with Crippen LogP contribution in [0.4, 0.5) is 0 Å². The lowest BCUT2D eigenvalue weighted by atomic mass is 10.1. The number of nitrogens with zero attached hydrogens (tertiary/aromatic N) is 1. The molecule has 0 aromatic carbocycles. The van der Waals surface area contributed by atoms with E-state index >= 15 is 0 Å². The minimum Gasteiger partial charge on any atom is -0.481 e. The second kappa shape index (κ2) is 7.55. The van der Waals surface area contributed by atoms with Gasteiger partial charge in [0.25, 0.3) is 0 Å². The Morgan fingerprint density at radius 1 is 1.35 bits per heavy atom. The number of hydrogen-bond acceptors (Lipinski definition) is 5. The van der Waals surface area contributed by atoms with Gasteiger partial charge in [0, 0.05) is 26.2 Å². The zero-order chi connectivity index (χ0) is 15.2. The van der Waals surface area contributed by atoms with Crippen LogP contribution in [0.1, 0.15) is 19.3 Å². The topological polar surface area (TPSA) is 113 Å². The van der Waals surface area contributed by atoms with Crippen LogP contribution in [0.25, 0.3) is 0 Å². The van der Waals surface area contributed by atoms with Gasteiger partial charge in [-0.05, 0) is 12.8 Å². The van der Waals surface area contributed by atoms with Gasteiger partial charge >= 0.3 is 5.97 Å². The van der Waals surface area contributed by atoms with Crippen LogP contribution in [0.15, 0.2) is 0 Å². The number of methoxy groups -OCH3 is 1. The Hall–Kier alpha value is -1.19. The SMILES string of the molecule is COCC(=O)NC1CCN(S(=O)(=O)CCC(=O)O)CC1. The van der Waals surface area contributed by atoms with E-state index in [0.717, 1.165) is 0 Å². The second-order valence-electron chi connectivity index (χ2n) is 4.63. The van der Waals surface area contributed by atoms with Gasteiger partial charge in [-0.1, -0.05) is 0 Å². The maximum atomic E-state index is 11.9. The van der Waals surface area contributed by atoms with E-state index in [2.05, 4.69) is 5.32 Å². The van der Waals surface area contributed by atoms with E-state index in [4.69, 9.17) is 9.84 Å². The molecule has 9 heteroatoms. The molecule has 1 amide bonds. The number of aliphatic carboxylic acids is 1. The van der Waals surface area contributed by atoms with Crippen LogP contribution in [0.2, 0.25) is 0 Å². The Morgan fingerprint density at radius 3 is 2.45 bits per heavy atom. The Bertz CT molecular complexity index is 442. The monoisotopic (exact) mass is 308 g/mol. The first-order valence-electron chi connectivity index (χ1n) is 6.33. The van der Waals surface area contributed by atoms with Crippen molar-refractivity contribution in [1.29, 1.82) is 0 Å². The average Bonchev–Trinajstić information content (AvgIpc) is 2.37. The number of piperidine rings is 1. The molecule has 1 heterocycles. The number of carboxylic acid groups (broad SMARTS) is 1. The smallest absolute Gasteiger partial charge is 0.304 e. The largest absolute Gasteiger partial charge is 0.481 e. The number of carboxylic acids is 1. The fourth-order valence-electron chi connectivity index (χ4n) is 2.02. The molecular weight excluding hydrogens is 288 g/mol. The van der Waals surface area contributed by atoms with Crippen LogP contribution in [0.3, 0.4) is 0 Å². The molecule has 1 rings (SSSR count). The van der Waals surface area contributed by atoms with Crippen molar-refractivity contribution < 1.29 is 27.9 Å². The summed E-state index contributed by atoms with van der Waals surface area (Å²) in [5.41, 5.74) is 0. The summed E-state index contributed by atoms with van der Waals surface area (Å²) < 4.78 is 29.7. The van der Waals surface area contributed by atoms with E-state index in [1.54, 1.807) is 0 Å². The predicted octanol–water partition coefficient (Wildman–Crippen LogP) is -0.982. The van der Waals surface area contributed by atoms with Crippen LogP contribution in [0.5, 0.6) is 0 Å². The fraction of sp³-hybridized carbons (Fsp3) is 0.818. The molecule has 0 aliphatic carbocycles. The minimum absolute atomic E-state index is 0.0167. The third-order valence-corrected chi connectivity index (χ3v) is 4.93. The lowest BCUT2D eigenvalue weighted by Crippen LogP contribution is -2.47. The molecule has 0 aromatic rings. The van der Waals surface area contributed by atoms with Crippen molar-refractivity contribution in [3.63, 3.8) is 0 Å². The van der Waals surface area contributed by atoms with E-state index in [1.807, 2.05) is 0 Å². The molecular formula is C11H20N2O6S. The third kappa shape index (κ3) is 5.43. The van der Waals surface area contributed by atoms with E-state index in [9.17, 15) is 18.0 Å². The summed E-state index contributed by atoms with van der Waals surface area (Å²) in [6, 6.07) is -0.0661. The van der Waals surface area contributed by atoms with Crippen molar-refractivity contribution >= 4 is 21.9 Å².